The molecule has 0 heterocycles. The monoisotopic (exact) mass is 496 g/mol. The Kier molecular flexibility index (Phi) is 6.80. The molecule has 0 aromatic heterocycles. The Labute approximate surface area is 207 Å². The van der Waals surface area contributed by atoms with E-state index in [1.165, 1.54) is 0 Å². The van der Waals surface area contributed by atoms with E-state index >= 15 is 4.57 Å². The summed E-state index contributed by atoms with van der Waals surface area (Å²) in [5.41, 5.74) is 2.23. The predicted molar refractivity (Wildman–Crippen MR) is 150 cm³/mol. The van der Waals surface area contributed by atoms with Crippen LogP contribution in [0.4, 0.5) is 0 Å². The lowest BCUT2D eigenvalue weighted by molar-refractivity contribution is 0.592. The molecule has 0 amide bonds. The summed E-state index contributed by atoms with van der Waals surface area (Å²) in [5.74, 6) is 0. The molecule has 1 nitrogen and oxygen atoms in total. The van der Waals surface area contributed by atoms with Gasteiger partial charge < -0.3 is 4.57 Å². The highest BCUT2D eigenvalue weighted by Crippen LogP contribution is 2.48. The lowest BCUT2D eigenvalue weighted by atomic mass is 10.1. The van der Waals surface area contributed by atoms with E-state index < -0.39 is 14.4 Å². The van der Waals surface area contributed by atoms with E-state index in [2.05, 4.69) is 24.3 Å². The Morgan fingerprint density at radius 1 is 0.500 bits per heavy atom. The third-order valence-corrected chi connectivity index (χ3v) is 11.9. The van der Waals surface area contributed by atoms with Gasteiger partial charge in [-0.25, -0.2) is 0 Å². The zero-order chi connectivity index (χ0) is 23.4. The van der Waals surface area contributed by atoms with Gasteiger partial charge in [-0.2, -0.15) is 0 Å². The molecule has 166 valence electrons. The number of hydrogen-bond acceptors (Lipinski definition) is 1. The number of hydrogen-bond donors (Lipinski definition) is 0. The summed E-state index contributed by atoms with van der Waals surface area (Å²) in [5, 5.41) is 4.41. The smallest absolute Gasteiger partial charge is 0.171 e. The zero-order valence-electron chi connectivity index (χ0n) is 18.5. The summed E-state index contributed by atoms with van der Waals surface area (Å²) >= 11 is 7.32. The van der Waals surface area contributed by atoms with Gasteiger partial charge in [0.05, 0.1) is 7.27 Å². The highest BCUT2D eigenvalue weighted by atomic mass is 35.7. The highest BCUT2D eigenvalue weighted by Gasteiger charge is 2.33. The van der Waals surface area contributed by atoms with Crippen molar-refractivity contribution < 1.29 is 4.57 Å². The van der Waals surface area contributed by atoms with E-state index in [9.17, 15) is 0 Å². The second-order valence-corrected chi connectivity index (χ2v) is 13.2. The van der Waals surface area contributed by atoms with Gasteiger partial charge in [-0.05, 0) is 11.1 Å². The average molecular weight is 497 g/mol. The molecule has 0 N–H and O–H groups in total. The van der Waals surface area contributed by atoms with Gasteiger partial charge in [0, 0.05) is 26.5 Å². The van der Waals surface area contributed by atoms with Gasteiger partial charge in [0.1, 0.15) is 0 Å². The maximum Gasteiger partial charge on any atom is 0.171 e. The van der Waals surface area contributed by atoms with Gasteiger partial charge in [-0.15, -0.1) is 0 Å². The van der Waals surface area contributed by atoms with Crippen molar-refractivity contribution >= 4 is 52.2 Å². The first-order valence-electron chi connectivity index (χ1n) is 11.1. The largest absolute Gasteiger partial charge is 0.309 e. The number of rotatable bonds is 6. The second kappa shape index (κ2) is 10.1. The van der Waals surface area contributed by atoms with Gasteiger partial charge in [0.15, 0.2) is 7.14 Å². The molecule has 0 radical (unpaired) electrons. The van der Waals surface area contributed by atoms with Crippen LogP contribution in [0.15, 0.2) is 140 Å². The molecule has 5 rings (SSSR count). The first kappa shape index (κ1) is 22.8. The Morgan fingerprint density at radius 2 is 0.941 bits per heavy atom. The van der Waals surface area contributed by atoms with Crippen LogP contribution in [0.1, 0.15) is 0 Å². The van der Waals surface area contributed by atoms with Crippen molar-refractivity contribution in [1.82, 2.24) is 0 Å². The lowest BCUT2D eigenvalue weighted by Gasteiger charge is -2.25. The van der Waals surface area contributed by atoms with Gasteiger partial charge in [-0.1, -0.05) is 151 Å². The normalized spacial score (nSPS) is 12.3. The van der Waals surface area contributed by atoms with Crippen molar-refractivity contribution in [3.05, 3.63) is 140 Å². The fourth-order valence-corrected chi connectivity index (χ4v) is 10.1. The summed E-state index contributed by atoms with van der Waals surface area (Å²) in [4.78, 5) is 0. The number of benzene rings is 5. The summed E-state index contributed by atoms with van der Waals surface area (Å²) in [6.45, 7) is 0. The van der Waals surface area contributed by atoms with Crippen LogP contribution in [0.3, 0.4) is 0 Å². The molecule has 1 atom stereocenters. The molecule has 1 unspecified atom stereocenters. The van der Waals surface area contributed by atoms with Gasteiger partial charge >= 0.3 is 0 Å². The van der Waals surface area contributed by atoms with E-state index in [1.54, 1.807) is 0 Å². The van der Waals surface area contributed by atoms with Crippen LogP contribution in [0, 0.1) is 0 Å². The van der Waals surface area contributed by atoms with Gasteiger partial charge in [0.25, 0.3) is 0 Å². The molecule has 5 aromatic carbocycles. The van der Waals surface area contributed by atoms with Crippen molar-refractivity contribution in [2.75, 3.05) is 0 Å². The summed E-state index contributed by atoms with van der Waals surface area (Å²) in [6, 6.07) is 46.0. The molecular formula is C30H23ClOP2. The van der Waals surface area contributed by atoms with Crippen LogP contribution < -0.4 is 26.5 Å². The third kappa shape index (κ3) is 4.28. The molecule has 0 aliphatic heterocycles. The van der Waals surface area contributed by atoms with Gasteiger partial charge in [0.2, 0.25) is 0 Å². The van der Waals surface area contributed by atoms with Crippen LogP contribution in [0.5, 0.6) is 0 Å². The molecule has 0 spiro atoms. The van der Waals surface area contributed by atoms with Crippen molar-refractivity contribution in [3.8, 4) is 11.1 Å². The van der Waals surface area contributed by atoms with Crippen LogP contribution in [-0.4, -0.2) is 0 Å². The fraction of sp³-hybridized carbons (Fsp3) is 0. The summed E-state index contributed by atoms with van der Waals surface area (Å²) < 4.78 is 15.1. The lowest BCUT2D eigenvalue weighted by Crippen LogP contribution is -2.34. The van der Waals surface area contributed by atoms with Crippen molar-refractivity contribution in [3.63, 3.8) is 0 Å². The van der Waals surface area contributed by atoms with Crippen LogP contribution >= 0.6 is 25.7 Å². The maximum atomic E-state index is 15.1. The average Bonchev–Trinajstić information content (AvgIpc) is 2.93. The van der Waals surface area contributed by atoms with Crippen LogP contribution in [0.2, 0.25) is 0 Å². The molecule has 0 bridgehead atoms. The molecule has 0 aliphatic carbocycles. The Bertz CT molecular complexity index is 1390. The van der Waals surface area contributed by atoms with E-state index in [4.69, 9.17) is 11.2 Å². The van der Waals surface area contributed by atoms with E-state index in [1.807, 2.05) is 115 Å². The fourth-order valence-electron chi connectivity index (χ4n) is 4.24. The van der Waals surface area contributed by atoms with Gasteiger partial charge in [-0.3, -0.25) is 0 Å². The first-order chi connectivity index (χ1) is 16.7. The Morgan fingerprint density at radius 3 is 1.53 bits per heavy atom. The van der Waals surface area contributed by atoms with Crippen molar-refractivity contribution in [1.29, 1.82) is 0 Å². The Hall–Kier alpha value is -2.95. The SMILES string of the molecule is O=P(c1ccccc1)(c1ccccc1)c1ccccc1P(Cl)c1ccccc1-c1ccccc1. The highest BCUT2D eigenvalue weighted by molar-refractivity contribution is 7.97. The molecule has 5 aromatic rings. The number of halogens is 1. The quantitative estimate of drug-likeness (QED) is 0.243. The molecular weight excluding hydrogens is 474 g/mol. The summed E-state index contributed by atoms with van der Waals surface area (Å²) in [7, 11) is -4.42. The minimum absolute atomic E-state index is 0.802. The topological polar surface area (TPSA) is 17.1 Å². The minimum Gasteiger partial charge on any atom is -0.309 e. The minimum atomic E-state index is -3.14. The molecule has 0 fully saturated rings. The molecule has 34 heavy (non-hydrogen) atoms. The predicted octanol–water partition coefficient (Wildman–Crippen LogP) is 6.58. The van der Waals surface area contributed by atoms with E-state index in [-0.39, 0.29) is 0 Å². The Balaban J connectivity index is 1.72. The molecule has 0 saturated carbocycles. The first-order valence-corrected chi connectivity index (χ1v) is 15.1. The standard InChI is InChI=1S/C30H23ClOP2/c31-33(28-21-11-10-20-27(28)24-14-4-1-5-15-24)29-22-12-13-23-30(29)34(32,25-16-6-2-7-17-25)26-18-8-3-9-19-26/h1-23H. The molecule has 0 saturated heterocycles. The van der Waals surface area contributed by atoms with Crippen molar-refractivity contribution in [2.45, 2.75) is 0 Å². The second-order valence-electron chi connectivity index (χ2n) is 7.93. The molecule has 4 heteroatoms. The van der Waals surface area contributed by atoms with Crippen molar-refractivity contribution in [2.24, 2.45) is 0 Å². The van der Waals surface area contributed by atoms with E-state index in [0.29, 0.717) is 0 Å². The van der Waals surface area contributed by atoms with Crippen LogP contribution in [-0.2, 0) is 4.57 Å². The summed E-state index contributed by atoms with van der Waals surface area (Å²) in [6.07, 6.45) is 0. The van der Waals surface area contributed by atoms with E-state index in [0.717, 1.165) is 37.6 Å². The maximum absolute atomic E-state index is 15.1. The van der Waals surface area contributed by atoms with Crippen LogP contribution in [0.25, 0.3) is 11.1 Å². The molecule has 0 aliphatic rings. The third-order valence-electron chi connectivity index (χ3n) is 5.87. The zero-order valence-corrected chi connectivity index (χ0v) is 21.0.